The van der Waals surface area contributed by atoms with Crippen LogP contribution >= 0.6 is 0 Å². The Labute approximate surface area is 151 Å². The molecule has 1 aromatic rings. The van der Waals surface area contributed by atoms with Crippen LogP contribution in [0.1, 0.15) is 41.6 Å². The van der Waals surface area contributed by atoms with Crippen molar-refractivity contribution >= 4 is 23.7 Å². The van der Waals surface area contributed by atoms with Gasteiger partial charge >= 0.3 is 5.97 Å². The maximum absolute atomic E-state index is 12.2. The second kappa shape index (κ2) is 8.98. The second-order valence-corrected chi connectivity index (χ2v) is 6.45. The summed E-state index contributed by atoms with van der Waals surface area (Å²) in [5, 5.41) is 14.2. The molecule has 0 saturated heterocycles. The molecular formula is C18H23N3O5. The number of aliphatic carboxylic acids is 1. The minimum Gasteiger partial charge on any atom is -0.481 e. The molecule has 0 unspecified atom stereocenters. The first-order chi connectivity index (χ1) is 12.4. The summed E-state index contributed by atoms with van der Waals surface area (Å²) in [5.41, 5.74) is 6.21. The number of carboxylic acid groups (broad SMARTS) is 1. The minimum absolute atomic E-state index is 0.0721. The highest BCUT2D eigenvalue weighted by molar-refractivity contribution is 5.96. The van der Waals surface area contributed by atoms with E-state index in [-0.39, 0.29) is 24.3 Å². The first kappa shape index (κ1) is 19.4. The molecular weight excluding hydrogens is 338 g/mol. The van der Waals surface area contributed by atoms with Crippen LogP contribution in [0, 0.1) is 11.8 Å². The Morgan fingerprint density at radius 2 is 1.54 bits per heavy atom. The van der Waals surface area contributed by atoms with Crippen molar-refractivity contribution in [1.29, 1.82) is 0 Å². The smallest absolute Gasteiger partial charge is 0.306 e. The van der Waals surface area contributed by atoms with E-state index in [1.165, 1.54) is 0 Å². The number of carbonyl (C=O) groups excluding carboxylic acids is 3. The van der Waals surface area contributed by atoms with Crippen LogP contribution in [0.5, 0.6) is 0 Å². The Hall–Kier alpha value is -2.90. The molecule has 0 atom stereocenters. The number of rotatable bonds is 7. The predicted molar refractivity (Wildman–Crippen MR) is 92.9 cm³/mol. The fourth-order valence-electron chi connectivity index (χ4n) is 2.98. The topological polar surface area (TPSA) is 139 Å². The zero-order chi connectivity index (χ0) is 19.1. The average molecular weight is 361 g/mol. The number of carbonyl (C=O) groups is 4. The van der Waals surface area contributed by atoms with E-state index in [4.69, 9.17) is 10.8 Å². The van der Waals surface area contributed by atoms with Crippen molar-refractivity contribution in [3.05, 3.63) is 35.4 Å². The monoisotopic (exact) mass is 361 g/mol. The van der Waals surface area contributed by atoms with Gasteiger partial charge in [0.05, 0.1) is 12.5 Å². The largest absolute Gasteiger partial charge is 0.481 e. The number of hydrogen-bond donors (Lipinski definition) is 4. The fourth-order valence-corrected chi connectivity index (χ4v) is 2.98. The van der Waals surface area contributed by atoms with E-state index < -0.39 is 17.8 Å². The maximum atomic E-state index is 12.2. The van der Waals surface area contributed by atoms with Gasteiger partial charge in [-0.25, -0.2) is 0 Å². The SMILES string of the molecule is NC(=O)CNC(=O)c1ccc(CNC(=O)C2CCC(C(=O)O)CC2)cc1. The van der Waals surface area contributed by atoms with Gasteiger partial charge in [-0.1, -0.05) is 12.1 Å². The molecule has 0 aromatic heterocycles. The number of amides is 3. The number of nitrogens with one attached hydrogen (secondary N) is 2. The zero-order valence-electron chi connectivity index (χ0n) is 14.4. The third kappa shape index (κ3) is 5.58. The summed E-state index contributed by atoms with van der Waals surface area (Å²) in [6.45, 7) is 0.113. The van der Waals surface area contributed by atoms with Gasteiger partial charge in [0.15, 0.2) is 0 Å². The molecule has 0 spiro atoms. The molecule has 1 fully saturated rings. The van der Waals surface area contributed by atoms with Crippen molar-refractivity contribution in [3.63, 3.8) is 0 Å². The highest BCUT2D eigenvalue weighted by Crippen LogP contribution is 2.29. The van der Waals surface area contributed by atoms with E-state index in [2.05, 4.69) is 10.6 Å². The molecule has 1 aromatic carbocycles. The lowest BCUT2D eigenvalue weighted by Crippen LogP contribution is -2.34. The molecule has 1 aliphatic carbocycles. The van der Waals surface area contributed by atoms with E-state index in [0.717, 1.165) is 5.56 Å². The van der Waals surface area contributed by atoms with Gasteiger partial charge in [0, 0.05) is 18.0 Å². The molecule has 140 valence electrons. The van der Waals surface area contributed by atoms with Crippen molar-refractivity contribution in [1.82, 2.24) is 10.6 Å². The van der Waals surface area contributed by atoms with Gasteiger partial charge in [0.25, 0.3) is 5.91 Å². The van der Waals surface area contributed by atoms with Gasteiger partial charge in [-0.3, -0.25) is 19.2 Å². The van der Waals surface area contributed by atoms with E-state index in [0.29, 0.717) is 37.8 Å². The Kier molecular flexibility index (Phi) is 6.71. The molecule has 3 amide bonds. The van der Waals surface area contributed by atoms with E-state index in [1.54, 1.807) is 24.3 Å². The molecule has 2 rings (SSSR count). The van der Waals surface area contributed by atoms with Crippen LogP contribution in [0.2, 0.25) is 0 Å². The van der Waals surface area contributed by atoms with Gasteiger partial charge < -0.3 is 21.5 Å². The quantitative estimate of drug-likeness (QED) is 0.557. The molecule has 5 N–H and O–H groups in total. The molecule has 8 nitrogen and oxygen atoms in total. The lowest BCUT2D eigenvalue weighted by atomic mass is 9.81. The van der Waals surface area contributed by atoms with Crippen LogP contribution in [-0.2, 0) is 20.9 Å². The first-order valence-electron chi connectivity index (χ1n) is 8.52. The molecule has 0 radical (unpaired) electrons. The van der Waals surface area contributed by atoms with Crippen molar-refractivity contribution in [3.8, 4) is 0 Å². The van der Waals surface area contributed by atoms with Gasteiger partial charge in [0.1, 0.15) is 0 Å². The third-order valence-corrected chi connectivity index (χ3v) is 4.55. The standard InChI is InChI=1S/C18H23N3O5/c19-15(22)10-21-17(24)12-3-1-11(2-4-12)9-20-16(23)13-5-7-14(8-6-13)18(25)26/h1-4,13-14H,5-10H2,(H2,19,22)(H,20,23)(H,21,24)(H,25,26). The van der Waals surface area contributed by atoms with E-state index in [1.807, 2.05) is 0 Å². The van der Waals surface area contributed by atoms with Crippen LogP contribution in [0.4, 0.5) is 0 Å². The Morgan fingerprint density at radius 1 is 0.962 bits per heavy atom. The van der Waals surface area contributed by atoms with E-state index in [9.17, 15) is 19.2 Å². The average Bonchev–Trinajstić information content (AvgIpc) is 2.64. The van der Waals surface area contributed by atoms with Crippen LogP contribution in [0.3, 0.4) is 0 Å². The van der Waals surface area contributed by atoms with Crippen molar-refractivity contribution in [2.24, 2.45) is 17.6 Å². The van der Waals surface area contributed by atoms with Gasteiger partial charge in [0.2, 0.25) is 11.8 Å². The number of benzene rings is 1. The molecule has 0 aliphatic heterocycles. The summed E-state index contributed by atoms with van der Waals surface area (Å²) in [6, 6.07) is 6.66. The summed E-state index contributed by atoms with van der Waals surface area (Å²) in [6.07, 6.45) is 2.23. The number of primary amides is 1. The van der Waals surface area contributed by atoms with Crippen molar-refractivity contribution in [2.45, 2.75) is 32.2 Å². The Morgan fingerprint density at radius 3 is 2.08 bits per heavy atom. The van der Waals surface area contributed by atoms with Gasteiger partial charge in [-0.05, 0) is 43.4 Å². The Balaban J connectivity index is 1.79. The van der Waals surface area contributed by atoms with Crippen LogP contribution in [-0.4, -0.2) is 35.3 Å². The highest BCUT2D eigenvalue weighted by atomic mass is 16.4. The van der Waals surface area contributed by atoms with Crippen LogP contribution in [0.15, 0.2) is 24.3 Å². The van der Waals surface area contributed by atoms with E-state index >= 15 is 0 Å². The number of nitrogens with two attached hydrogens (primary N) is 1. The maximum Gasteiger partial charge on any atom is 0.306 e. The molecule has 1 saturated carbocycles. The number of hydrogen-bond acceptors (Lipinski definition) is 4. The summed E-state index contributed by atoms with van der Waals surface area (Å²) < 4.78 is 0. The zero-order valence-corrected chi connectivity index (χ0v) is 14.4. The summed E-state index contributed by atoms with van der Waals surface area (Å²) in [7, 11) is 0. The fraction of sp³-hybridized carbons (Fsp3) is 0.444. The first-order valence-corrected chi connectivity index (χ1v) is 8.52. The molecule has 8 heteroatoms. The second-order valence-electron chi connectivity index (χ2n) is 6.45. The minimum atomic E-state index is -0.788. The van der Waals surface area contributed by atoms with Crippen LogP contribution in [0.25, 0.3) is 0 Å². The lowest BCUT2D eigenvalue weighted by molar-refractivity contribution is -0.144. The predicted octanol–water partition coefficient (Wildman–Crippen LogP) is 0.409. The third-order valence-electron chi connectivity index (χ3n) is 4.55. The van der Waals surface area contributed by atoms with Crippen molar-refractivity contribution < 1.29 is 24.3 Å². The van der Waals surface area contributed by atoms with Crippen molar-refractivity contribution in [2.75, 3.05) is 6.54 Å². The van der Waals surface area contributed by atoms with Gasteiger partial charge in [-0.2, -0.15) is 0 Å². The summed E-state index contributed by atoms with van der Waals surface area (Å²) in [5.74, 6) is -2.36. The Bertz CT molecular complexity index is 679. The van der Waals surface area contributed by atoms with Crippen LogP contribution < -0.4 is 16.4 Å². The molecule has 1 aliphatic rings. The highest BCUT2D eigenvalue weighted by Gasteiger charge is 2.29. The molecule has 0 bridgehead atoms. The van der Waals surface area contributed by atoms with Gasteiger partial charge in [-0.15, -0.1) is 0 Å². The normalized spacial score (nSPS) is 19.4. The molecule has 26 heavy (non-hydrogen) atoms. The summed E-state index contributed by atoms with van der Waals surface area (Å²) >= 11 is 0. The number of carboxylic acids is 1. The summed E-state index contributed by atoms with van der Waals surface area (Å²) in [4.78, 5) is 45.6. The lowest BCUT2D eigenvalue weighted by Gasteiger charge is -2.25. The molecule has 0 heterocycles.